The highest BCUT2D eigenvalue weighted by atomic mass is 35.5. The maximum atomic E-state index is 15.8. The second-order valence-corrected chi connectivity index (χ2v) is 29.8. The first-order valence-electron chi connectivity index (χ1n) is 36.3. The van der Waals surface area contributed by atoms with Gasteiger partial charge in [0.25, 0.3) is 0 Å². The molecule has 1 aromatic carbocycles. The maximum absolute atomic E-state index is 15.8. The lowest BCUT2D eigenvalue weighted by molar-refractivity contribution is -0.157. The standard InChI is InChI=1S/C72H112ClF3N12O12/c1-13-47(5)62-68(98)82(8)44-60(92)80(6)45-61(93)84(10)55(40-48-26-18-15-19-27-48)66(96)81(7)42-57(89)77-53(33-31-49-30-32-51(52(73)39-49)72(74,75)76)65(95)87(14-2)43-58(90)79-71(34-22-23-35-71)70(100)86(12)63(50-28-20-16-21-29-50)69(99)85(11)56(67(97)88-36-24-17-25-37-88)41-59(91)83(9)54(38-46(3)4)64(94)78-62/h30,32,39,46-48,50,53-56,62-63H,13-29,31,33-38,40-45H2,1-12H3,(H,77,89)(H,78,94)(H,79,90)/t47-,53-,54-,55-,56-,62-,63-/m0/s1. The van der Waals surface area contributed by atoms with Crippen LogP contribution in [0.3, 0.4) is 0 Å². The largest absolute Gasteiger partial charge is 0.417 e. The summed E-state index contributed by atoms with van der Waals surface area (Å²) < 4.78 is 41.5. The van der Waals surface area contributed by atoms with Gasteiger partial charge in [0.2, 0.25) is 70.9 Å². The minimum atomic E-state index is -4.76. The molecule has 3 aliphatic carbocycles. The topological polar surface area (TPSA) is 270 Å². The van der Waals surface area contributed by atoms with Gasteiger partial charge in [0.1, 0.15) is 41.8 Å². The summed E-state index contributed by atoms with van der Waals surface area (Å²) in [6.45, 7) is 7.26. The molecule has 100 heavy (non-hydrogen) atoms. The Morgan fingerprint density at radius 2 is 1.20 bits per heavy atom. The number of carbonyl (C=O) groups is 12. The average molecular weight is 1430 g/mol. The number of carbonyl (C=O) groups excluding carboxylic acids is 12. The van der Waals surface area contributed by atoms with Gasteiger partial charge in [-0.15, -0.1) is 0 Å². The number of benzene rings is 1. The number of piperidine rings is 1. The third kappa shape index (κ3) is 21.5. The van der Waals surface area contributed by atoms with Crippen molar-refractivity contribution in [2.75, 3.05) is 95.1 Å². The molecule has 1 aromatic rings. The Morgan fingerprint density at radius 3 is 1.78 bits per heavy atom. The predicted octanol–water partition coefficient (Wildman–Crippen LogP) is 6.28. The fourth-order valence-corrected chi connectivity index (χ4v) is 15.4. The molecule has 24 nitrogen and oxygen atoms in total. The molecule has 560 valence electrons. The second-order valence-electron chi connectivity index (χ2n) is 29.4. The van der Waals surface area contributed by atoms with Crippen molar-refractivity contribution >= 4 is 82.5 Å². The lowest BCUT2D eigenvalue weighted by Crippen LogP contribution is -2.64. The zero-order valence-corrected chi connectivity index (χ0v) is 61.9. The summed E-state index contributed by atoms with van der Waals surface area (Å²) in [5, 5.41) is 8.03. The number of aryl methyl sites for hydroxylation is 1. The van der Waals surface area contributed by atoms with Crippen LogP contribution in [0.2, 0.25) is 5.02 Å². The van der Waals surface area contributed by atoms with Crippen molar-refractivity contribution in [1.82, 2.24) is 60.0 Å². The minimum Gasteiger partial charge on any atom is -0.343 e. The van der Waals surface area contributed by atoms with Crippen LogP contribution in [0.25, 0.3) is 0 Å². The van der Waals surface area contributed by atoms with Crippen LogP contribution >= 0.6 is 11.6 Å². The highest BCUT2D eigenvalue weighted by Crippen LogP contribution is 2.38. The quantitative estimate of drug-likeness (QED) is 0.209. The summed E-state index contributed by atoms with van der Waals surface area (Å²) >= 11 is 6.14. The molecule has 3 N–H and O–H groups in total. The Morgan fingerprint density at radius 1 is 0.620 bits per heavy atom. The van der Waals surface area contributed by atoms with Gasteiger partial charge in [-0.2, -0.15) is 13.2 Å². The van der Waals surface area contributed by atoms with E-state index in [9.17, 15) is 51.5 Å². The second kappa shape index (κ2) is 37.2. The number of rotatable bonds is 12. The van der Waals surface area contributed by atoms with Gasteiger partial charge in [-0.05, 0) is 119 Å². The van der Waals surface area contributed by atoms with E-state index in [-0.39, 0.29) is 62.5 Å². The van der Waals surface area contributed by atoms with Crippen molar-refractivity contribution in [3.63, 3.8) is 0 Å². The Hall–Kier alpha value is -7.06. The zero-order chi connectivity index (χ0) is 74.1. The molecule has 2 saturated heterocycles. The zero-order valence-electron chi connectivity index (χ0n) is 61.2. The molecule has 2 aliphatic heterocycles. The Labute approximate surface area is 594 Å². The van der Waals surface area contributed by atoms with Crippen LogP contribution in [0.5, 0.6) is 0 Å². The van der Waals surface area contributed by atoms with Crippen LogP contribution in [0.4, 0.5) is 13.2 Å². The fourth-order valence-electron chi connectivity index (χ4n) is 15.1. The normalized spacial score (nSPS) is 25.6. The maximum Gasteiger partial charge on any atom is 0.417 e. The van der Waals surface area contributed by atoms with Crippen molar-refractivity contribution in [2.24, 2.45) is 23.7 Å². The number of alkyl halides is 3. The fraction of sp³-hybridized carbons (Fsp3) is 0.750. The number of halogens is 4. The van der Waals surface area contributed by atoms with E-state index >= 15 is 19.2 Å². The van der Waals surface area contributed by atoms with E-state index < -0.39 is 174 Å². The molecule has 5 fully saturated rings. The van der Waals surface area contributed by atoms with E-state index in [1.54, 1.807) is 18.7 Å². The lowest BCUT2D eigenvalue weighted by Gasteiger charge is -2.43. The molecule has 6 rings (SSSR count). The smallest absolute Gasteiger partial charge is 0.343 e. The highest BCUT2D eigenvalue weighted by Gasteiger charge is 2.50. The summed E-state index contributed by atoms with van der Waals surface area (Å²) in [6, 6.07) is -4.42. The van der Waals surface area contributed by atoms with Crippen LogP contribution in [0.15, 0.2) is 18.2 Å². The Balaban J connectivity index is 1.43. The first kappa shape index (κ1) is 81.9. The molecular formula is C72H112ClF3N12O12. The highest BCUT2D eigenvalue weighted by molar-refractivity contribution is 6.31. The van der Waals surface area contributed by atoms with E-state index in [2.05, 4.69) is 16.0 Å². The number of amides is 12. The minimum absolute atomic E-state index is 0.0167. The van der Waals surface area contributed by atoms with Crippen molar-refractivity contribution < 1.29 is 70.7 Å². The summed E-state index contributed by atoms with van der Waals surface area (Å²) in [6.07, 6.45) is 6.50. The number of likely N-dealkylation sites (N-methyl/N-ethyl adjacent to an activating group) is 8. The first-order valence-corrected chi connectivity index (χ1v) is 36.7. The molecule has 0 aromatic heterocycles. The van der Waals surface area contributed by atoms with Crippen LogP contribution < -0.4 is 16.0 Å². The van der Waals surface area contributed by atoms with E-state index in [1.807, 2.05) is 20.8 Å². The van der Waals surface area contributed by atoms with Gasteiger partial charge in [-0.25, -0.2) is 0 Å². The van der Waals surface area contributed by atoms with Gasteiger partial charge in [0.15, 0.2) is 0 Å². The number of likely N-dealkylation sites (tertiary alicyclic amines) is 1. The Bertz CT molecular complexity index is 3060. The summed E-state index contributed by atoms with van der Waals surface area (Å²) in [4.78, 5) is 190. The number of nitrogens with one attached hydrogen (secondary N) is 3. The van der Waals surface area contributed by atoms with Crippen LogP contribution in [-0.2, 0) is 70.1 Å². The monoisotopic (exact) mass is 1430 g/mol. The first-order chi connectivity index (χ1) is 47.1. The molecule has 3 saturated carbocycles. The predicted molar refractivity (Wildman–Crippen MR) is 371 cm³/mol. The summed E-state index contributed by atoms with van der Waals surface area (Å²) in [5.74, 6) is -8.91. The molecule has 7 atom stereocenters. The van der Waals surface area contributed by atoms with E-state index in [0.29, 0.717) is 58.0 Å². The molecule has 12 amide bonds. The number of hydrogen-bond donors (Lipinski definition) is 3. The molecular weight excluding hydrogens is 1320 g/mol. The van der Waals surface area contributed by atoms with Crippen LogP contribution in [0, 0.1) is 23.7 Å². The van der Waals surface area contributed by atoms with Crippen molar-refractivity contribution in [3.8, 4) is 0 Å². The van der Waals surface area contributed by atoms with Crippen LogP contribution in [0.1, 0.15) is 187 Å². The van der Waals surface area contributed by atoms with Crippen LogP contribution in [-0.4, -0.2) is 252 Å². The van der Waals surface area contributed by atoms with Gasteiger partial charge in [0, 0.05) is 69.0 Å². The third-order valence-corrected chi connectivity index (χ3v) is 21.9. The molecule has 0 radical (unpaired) electrons. The van der Waals surface area contributed by atoms with Gasteiger partial charge < -0.3 is 60.0 Å². The van der Waals surface area contributed by atoms with Gasteiger partial charge in [-0.1, -0.05) is 116 Å². The van der Waals surface area contributed by atoms with Crippen molar-refractivity contribution in [1.29, 1.82) is 0 Å². The summed E-state index contributed by atoms with van der Waals surface area (Å²) in [5.41, 5.74) is -2.36. The molecule has 2 heterocycles. The Kier molecular flexibility index (Phi) is 30.5. The van der Waals surface area contributed by atoms with Gasteiger partial charge >= 0.3 is 6.18 Å². The number of nitrogens with zero attached hydrogens (tertiary/aromatic N) is 9. The van der Waals surface area contributed by atoms with E-state index in [1.165, 1.54) is 79.9 Å². The van der Waals surface area contributed by atoms with Crippen molar-refractivity contribution in [3.05, 3.63) is 34.3 Å². The molecule has 5 aliphatic rings. The van der Waals surface area contributed by atoms with E-state index in [0.717, 1.165) is 84.6 Å². The SMILES string of the molecule is CC[C@H](C)[C@@H]1NC(=O)[C@H](CC(C)C)N(C)C(=O)C[C@@H](C(=O)N2CCCCC2)N(C)C(=O)[C@H](C2CCCCC2)N(C)C(=O)C2(CCCC2)NC(=O)CN(CC)C(=O)[C@H](CCc2ccc(C(F)(F)F)c(Cl)c2)NC(=O)CN(C)C(=O)[C@H](CC2CCCCC2)N(C)C(=O)CN(C)C(=O)CN(C)C1=O. The molecule has 1 spiro atoms. The lowest BCUT2D eigenvalue weighted by atomic mass is 9.81. The van der Waals surface area contributed by atoms with Gasteiger partial charge in [0.05, 0.1) is 43.2 Å². The van der Waals surface area contributed by atoms with E-state index in [4.69, 9.17) is 11.6 Å². The number of hydrogen-bond acceptors (Lipinski definition) is 12. The molecule has 0 unspecified atom stereocenters. The molecule has 0 bridgehead atoms. The molecule has 28 heteroatoms. The van der Waals surface area contributed by atoms with Crippen molar-refractivity contribution in [2.45, 2.75) is 230 Å². The summed E-state index contributed by atoms with van der Waals surface area (Å²) in [7, 11) is 9.97. The third-order valence-electron chi connectivity index (χ3n) is 21.6. The average Bonchev–Trinajstić information content (AvgIpc) is 1.41. The van der Waals surface area contributed by atoms with Gasteiger partial charge in [-0.3, -0.25) is 57.5 Å².